The Bertz CT molecular complexity index is 258. The lowest BCUT2D eigenvalue weighted by molar-refractivity contribution is 1.27. The summed E-state index contributed by atoms with van der Waals surface area (Å²) in [4.78, 5) is 0. The van der Waals surface area contributed by atoms with E-state index in [9.17, 15) is 0 Å². The van der Waals surface area contributed by atoms with E-state index >= 15 is 0 Å². The normalized spacial score (nSPS) is 9.75. The molecule has 0 saturated carbocycles. The Hall–Kier alpha value is -0.585. The molecule has 1 aromatic carbocycles. The fourth-order valence-electron chi connectivity index (χ4n) is 1.21. The van der Waals surface area contributed by atoms with Crippen molar-refractivity contribution in [3.63, 3.8) is 0 Å². The van der Waals surface area contributed by atoms with Gasteiger partial charge in [-0.2, -0.15) is 0 Å². The molecule has 5 radical (unpaired) electrons. The fourth-order valence-corrected chi connectivity index (χ4v) is 1.21. The standard InChI is InChI=1S/C9H10B3/c1-12-9-3-2-7(5-10)8(4-9)6-11/h2-4H,5-6H2,1H3. The van der Waals surface area contributed by atoms with Crippen LogP contribution in [0, 0.1) is 0 Å². The van der Waals surface area contributed by atoms with Crippen LogP contribution in [0.5, 0.6) is 0 Å². The van der Waals surface area contributed by atoms with Gasteiger partial charge in [-0.05, 0) is 0 Å². The van der Waals surface area contributed by atoms with Crippen LogP contribution in [0.4, 0.5) is 0 Å². The van der Waals surface area contributed by atoms with Crippen molar-refractivity contribution in [3.8, 4) is 0 Å². The maximum atomic E-state index is 5.58. The molecular formula is C9H10B3. The first-order chi connectivity index (χ1) is 5.81. The third kappa shape index (κ3) is 1.97. The maximum absolute atomic E-state index is 5.58. The number of hydrogen-bond acceptors (Lipinski definition) is 0. The average Bonchev–Trinajstić information content (AvgIpc) is 2.16. The second-order valence-corrected chi connectivity index (χ2v) is 2.73. The Morgan fingerprint density at radius 3 is 2.33 bits per heavy atom. The van der Waals surface area contributed by atoms with E-state index in [-0.39, 0.29) is 0 Å². The third-order valence-electron chi connectivity index (χ3n) is 2.00. The second-order valence-electron chi connectivity index (χ2n) is 2.73. The molecule has 1 aromatic rings. The molecule has 0 unspecified atom stereocenters. The van der Waals surface area contributed by atoms with E-state index in [1.54, 1.807) is 0 Å². The molecule has 0 aromatic heterocycles. The van der Waals surface area contributed by atoms with Crippen LogP contribution in [-0.4, -0.2) is 23.0 Å². The molecule has 12 heavy (non-hydrogen) atoms. The molecule has 55 valence electrons. The minimum atomic E-state index is 0.564. The zero-order valence-electron chi connectivity index (χ0n) is 7.38. The van der Waals surface area contributed by atoms with Crippen LogP contribution in [0.3, 0.4) is 0 Å². The maximum Gasteiger partial charge on any atom is 0.148 e. The van der Waals surface area contributed by atoms with Crippen LogP contribution in [0.1, 0.15) is 11.1 Å². The van der Waals surface area contributed by atoms with E-state index in [4.69, 9.17) is 15.7 Å². The summed E-state index contributed by atoms with van der Waals surface area (Å²) in [6, 6.07) is 6.18. The zero-order chi connectivity index (χ0) is 8.97. The Kier molecular flexibility index (Phi) is 3.52. The Morgan fingerprint density at radius 1 is 1.17 bits per heavy atom. The van der Waals surface area contributed by atoms with Crippen LogP contribution in [0.2, 0.25) is 6.82 Å². The van der Waals surface area contributed by atoms with E-state index in [0.717, 1.165) is 11.1 Å². The first kappa shape index (κ1) is 9.50. The molecule has 0 atom stereocenters. The second kappa shape index (κ2) is 4.44. The highest BCUT2D eigenvalue weighted by molar-refractivity contribution is 6.51. The lowest BCUT2D eigenvalue weighted by Crippen LogP contribution is -2.12. The summed E-state index contributed by atoms with van der Waals surface area (Å²) in [5, 5.41) is 0. The first-order valence-corrected chi connectivity index (χ1v) is 4.13. The number of benzene rings is 1. The zero-order valence-corrected chi connectivity index (χ0v) is 7.38. The molecule has 3 heteroatoms. The van der Waals surface area contributed by atoms with Crippen LogP contribution >= 0.6 is 0 Å². The molecule has 0 N–H and O–H groups in total. The average molecular weight is 151 g/mol. The summed E-state index contributed by atoms with van der Waals surface area (Å²) in [6.07, 6.45) is 1.13. The lowest BCUT2D eigenvalue weighted by atomic mass is 9.71. The van der Waals surface area contributed by atoms with E-state index in [2.05, 4.69) is 19.4 Å². The molecule has 0 fully saturated rings. The van der Waals surface area contributed by atoms with Crippen LogP contribution < -0.4 is 5.46 Å². The molecule has 1 rings (SSSR count). The van der Waals surface area contributed by atoms with Gasteiger partial charge in [0.1, 0.15) is 7.28 Å². The van der Waals surface area contributed by atoms with Gasteiger partial charge in [-0.15, -0.1) is 0 Å². The summed E-state index contributed by atoms with van der Waals surface area (Å²) in [6.45, 7) is 2.01. The van der Waals surface area contributed by atoms with E-state index in [1.165, 1.54) is 5.46 Å². The highest BCUT2D eigenvalue weighted by Crippen LogP contribution is 2.06. The molecule has 0 aliphatic carbocycles. The van der Waals surface area contributed by atoms with Crippen LogP contribution in [0.15, 0.2) is 18.2 Å². The van der Waals surface area contributed by atoms with E-state index in [0.29, 0.717) is 12.6 Å². The van der Waals surface area contributed by atoms with Gasteiger partial charge < -0.3 is 0 Å². The molecule has 0 nitrogen and oxygen atoms in total. The van der Waals surface area contributed by atoms with Gasteiger partial charge in [-0.25, -0.2) is 0 Å². The molecule has 0 spiro atoms. The smallest absolute Gasteiger partial charge is 0.0878 e. The Balaban J connectivity index is 3.02. The van der Waals surface area contributed by atoms with Gasteiger partial charge in [-0.3, -0.25) is 0 Å². The van der Waals surface area contributed by atoms with Gasteiger partial charge in [0.05, 0.1) is 15.7 Å². The summed E-state index contributed by atoms with van der Waals surface area (Å²) in [5.74, 6) is 0. The van der Waals surface area contributed by atoms with Gasteiger partial charge in [-0.1, -0.05) is 54.3 Å². The van der Waals surface area contributed by atoms with Gasteiger partial charge >= 0.3 is 0 Å². The van der Waals surface area contributed by atoms with Crippen molar-refractivity contribution < 1.29 is 0 Å². The summed E-state index contributed by atoms with van der Waals surface area (Å²) in [7, 11) is 13.2. The summed E-state index contributed by atoms with van der Waals surface area (Å²) >= 11 is 0. The molecular weight excluding hydrogens is 141 g/mol. The minimum absolute atomic E-state index is 0.564. The van der Waals surface area contributed by atoms with E-state index in [1.807, 2.05) is 12.9 Å². The first-order valence-electron chi connectivity index (χ1n) is 4.13. The van der Waals surface area contributed by atoms with Gasteiger partial charge in [0.15, 0.2) is 0 Å². The van der Waals surface area contributed by atoms with Gasteiger partial charge in [0.25, 0.3) is 0 Å². The van der Waals surface area contributed by atoms with Crippen LogP contribution in [-0.2, 0) is 12.6 Å². The minimum Gasteiger partial charge on any atom is -0.0878 e. The quantitative estimate of drug-likeness (QED) is 0.548. The molecule has 0 aliphatic rings. The van der Waals surface area contributed by atoms with Crippen molar-refractivity contribution >= 4 is 28.4 Å². The largest absolute Gasteiger partial charge is 0.148 e. The van der Waals surface area contributed by atoms with Crippen molar-refractivity contribution in [2.45, 2.75) is 19.5 Å². The van der Waals surface area contributed by atoms with Gasteiger partial charge in [0, 0.05) is 0 Å². The van der Waals surface area contributed by atoms with Crippen molar-refractivity contribution in [2.24, 2.45) is 0 Å². The Morgan fingerprint density at radius 2 is 1.83 bits per heavy atom. The molecule has 0 saturated heterocycles. The predicted octanol–water partition coefficient (Wildman–Crippen LogP) is 0.401. The van der Waals surface area contributed by atoms with Crippen LogP contribution in [0.25, 0.3) is 0 Å². The fraction of sp³-hybridized carbons (Fsp3) is 0.333. The number of hydrogen-bond donors (Lipinski definition) is 0. The monoisotopic (exact) mass is 151 g/mol. The molecule has 0 aliphatic heterocycles. The van der Waals surface area contributed by atoms with E-state index < -0.39 is 0 Å². The van der Waals surface area contributed by atoms with Crippen molar-refractivity contribution in [2.75, 3.05) is 0 Å². The lowest BCUT2D eigenvalue weighted by Gasteiger charge is -2.07. The third-order valence-corrected chi connectivity index (χ3v) is 2.00. The molecule has 0 bridgehead atoms. The number of rotatable bonds is 3. The summed E-state index contributed by atoms with van der Waals surface area (Å²) < 4.78 is 0. The SMILES string of the molecule is [B]Cc1ccc([B]C)cc1C[B]. The molecule has 0 amide bonds. The van der Waals surface area contributed by atoms with Crippen molar-refractivity contribution in [3.05, 3.63) is 29.3 Å². The van der Waals surface area contributed by atoms with Crippen molar-refractivity contribution in [1.29, 1.82) is 0 Å². The van der Waals surface area contributed by atoms with Gasteiger partial charge in [0.2, 0.25) is 0 Å². The van der Waals surface area contributed by atoms with Crippen molar-refractivity contribution in [1.82, 2.24) is 0 Å². The highest BCUT2D eigenvalue weighted by atomic mass is 14.0. The predicted molar refractivity (Wildman–Crippen MR) is 56.6 cm³/mol. The highest BCUT2D eigenvalue weighted by Gasteiger charge is 1.98. The topological polar surface area (TPSA) is 0 Å². The Labute approximate surface area is 77.8 Å². The molecule has 0 heterocycles. The summed E-state index contributed by atoms with van der Waals surface area (Å²) in [5.41, 5.74) is 3.49.